The molecular formula is C21H25N3O6. The Balaban J connectivity index is 1.53. The average Bonchev–Trinajstić information content (AvgIpc) is 3.02. The zero-order valence-electron chi connectivity index (χ0n) is 16.9. The normalized spacial score (nSPS) is 22.7. The molecule has 1 aromatic rings. The Morgan fingerprint density at radius 1 is 0.967 bits per heavy atom. The first-order chi connectivity index (χ1) is 14.3. The van der Waals surface area contributed by atoms with Crippen LogP contribution in [0.3, 0.4) is 0 Å². The standard InChI is InChI=1S/C21H25N3O6/c1-12(24-19(27)15-10-6-7-11-16(15)20(24)28)21(29)30-13(2)17(25)22-23-18(26)14-8-4-3-5-9-14/h3-5,8-9,12-13,15-16H,6-7,10-11H2,1-2H3,(H,22,25)(H,23,26)/t12-,13-,15-,16+/m0/s1. The van der Waals surface area contributed by atoms with Gasteiger partial charge in [0.2, 0.25) is 11.8 Å². The third-order valence-corrected chi connectivity index (χ3v) is 5.60. The number of hydrogen-bond acceptors (Lipinski definition) is 6. The van der Waals surface area contributed by atoms with E-state index in [2.05, 4.69) is 10.9 Å². The molecule has 9 nitrogen and oxygen atoms in total. The van der Waals surface area contributed by atoms with Gasteiger partial charge in [-0.25, -0.2) is 4.79 Å². The highest BCUT2D eigenvalue weighted by molar-refractivity contribution is 6.08. The SMILES string of the molecule is C[C@H](OC(=O)[C@H](C)N1C(=O)[C@H]2CCCC[C@H]2C1=O)C(=O)NNC(=O)c1ccccc1. The fourth-order valence-corrected chi connectivity index (χ4v) is 3.88. The predicted octanol–water partition coefficient (Wildman–Crippen LogP) is 0.943. The number of hydrogen-bond donors (Lipinski definition) is 2. The summed E-state index contributed by atoms with van der Waals surface area (Å²) in [6, 6.07) is 7.15. The van der Waals surface area contributed by atoms with Crippen LogP contribution in [0, 0.1) is 11.8 Å². The molecule has 1 heterocycles. The van der Waals surface area contributed by atoms with Crippen molar-refractivity contribution in [3.05, 3.63) is 35.9 Å². The second-order valence-corrected chi connectivity index (χ2v) is 7.61. The zero-order chi connectivity index (χ0) is 21.8. The maximum atomic E-state index is 12.6. The molecule has 30 heavy (non-hydrogen) atoms. The second kappa shape index (κ2) is 9.06. The number of nitrogens with one attached hydrogen (secondary N) is 2. The quantitative estimate of drug-likeness (QED) is 0.419. The van der Waals surface area contributed by atoms with Crippen LogP contribution in [-0.4, -0.2) is 46.6 Å². The molecule has 3 rings (SSSR count). The molecule has 2 fully saturated rings. The monoisotopic (exact) mass is 415 g/mol. The number of fused-ring (bicyclic) bond motifs is 1. The van der Waals surface area contributed by atoms with Crippen LogP contribution < -0.4 is 10.9 Å². The highest BCUT2D eigenvalue weighted by atomic mass is 16.5. The van der Waals surface area contributed by atoms with Crippen LogP contribution in [0.4, 0.5) is 0 Å². The summed E-state index contributed by atoms with van der Waals surface area (Å²) in [4.78, 5) is 62.7. The molecule has 0 spiro atoms. The fraction of sp³-hybridized carbons (Fsp3) is 0.476. The van der Waals surface area contributed by atoms with Gasteiger partial charge in [-0.2, -0.15) is 0 Å². The van der Waals surface area contributed by atoms with Gasteiger partial charge in [0.15, 0.2) is 6.10 Å². The molecular weight excluding hydrogens is 390 g/mol. The first-order valence-corrected chi connectivity index (χ1v) is 10.0. The van der Waals surface area contributed by atoms with Gasteiger partial charge in [0, 0.05) is 5.56 Å². The van der Waals surface area contributed by atoms with Gasteiger partial charge in [0.05, 0.1) is 11.8 Å². The Labute approximate surface area is 174 Å². The van der Waals surface area contributed by atoms with Crippen LogP contribution in [-0.2, 0) is 23.9 Å². The van der Waals surface area contributed by atoms with E-state index in [1.54, 1.807) is 30.3 Å². The number of rotatable bonds is 5. The molecule has 0 bridgehead atoms. The molecule has 0 radical (unpaired) electrons. The van der Waals surface area contributed by atoms with Gasteiger partial charge in [-0.15, -0.1) is 0 Å². The van der Waals surface area contributed by atoms with E-state index in [4.69, 9.17) is 4.74 Å². The Hall–Kier alpha value is -3.23. The number of likely N-dealkylation sites (tertiary alicyclic amines) is 1. The van der Waals surface area contributed by atoms with Gasteiger partial charge >= 0.3 is 5.97 Å². The minimum absolute atomic E-state index is 0.346. The van der Waals surface area contributed by atoms with Crippen molar-refractivity contribution in [2.45, 2.75) is 51.7 Å². The summed E-state index contributed by atoms with van der Waals surface area (Å²) in [6.45, 7) is 2.75. The van der Waals surface area contributed by atoms with Crippen molar-refractivity contribution in [2.24, 2.45) is 11.8 Å². The number of carbonyl (C=O) groups excluding carboxylic acids is 5. The van der Waals surface area contributed by atoms with E-state index in [0.717, 1.165) is 17.7 Å². The Bertz CT molecular complexity index is 832. The number of imide groups is 1. The molecule has 2 aliphatic rings. The largest absolute Gasteiger partial charge is 0.451 e. The van der Waals surface area contributed by atoms with E-state index in [1.165, 1.54) is 13.8 Å². The molecule has 9 heteroatoms. The van der Waals surface area contributed by atoms with E-state index < -0.39 is 29.9 Å². The summed E-state index contributed by atoms with van der Waals surface area (Å²) in [5.74, 6) is -3.54. The van der Waals surface area contributed by atoms with Gasteiger partial charge in [-0.05, 0) is 38.8 Å². The fourth-order valence-electron chi connectivity index (χ4n) is 3.88. The first-order valence-electron chi connectivity index (χ1n) is 10.0. The minimum atomic E-state index is -1.23. The van der Waals surface area contributed by atoms with Gasteiger partial charge < -0.3 is 4.74 Å². The lowest BCUT2D eigenvalue weighted by Gasteiger charge is -2.23. The lowest BCUT2D eigenvalue weighted by atomic mass is 9.81. The van der Waals surface area contributed by atoms with Crippen molar-refractivity contribution in [1.29, 1.82) is 0 Å². The summed E-state index contributed by atoms with van der Waals surface area (Å²) >= 11 is 0. The predicted molar refractivity (Wildman–Crippen MR) is 104 cm³/mol. The van der Waals surface area contributed by atoms with Crippen LogP contribution in [0.1, 0.15) is 49.9 Å². The van der Waals surface area contributed by atoms with E-state index in [1.807, 2.05) is 0 Å². The van der Waals surface area contributed by atoms with E-state index in [0.29, 0.717) is 18.4 Å². The number of ether oxygens (including phenoxy) is 1. The molecule has 1 saturated carbocycles. The zero-order valence-corrected chi connectivity index (χ0v) is 16.9. The van der Waals surface area contributed by atoms with E-state index in [-0.39, 0.29) is 23.7 Å². The lowest BCUT2D eigenvalue weighted by molar-refractivity contribution is -0.164. The summed E-state index contributed by atoms with van der Waals surface area (Å²) in [5, 5.41) is 0. The molecule has 1 aliphatic heterocycles. The van der Waals surface area contributed by atoms with Crippen LogP contribution >= 0.6 is 0 Å². The minimum Gasteiger partial charge on any atom is -0.451 e. The van der Waals surface area contributed by atoms with Crippen LogP contribution in [0.2, 0.25) is 0 Å². The number of esters is 1. The molecule has 2 N–H and O–H groups in total. The Morgan fingerprint density at radius 3 is 2.10 bits per heavy atom. The lowest BCUT2D eigenvalue weighted by Crippen LogP contribution is -2.49. The summed E-state index contributed by atoms with van der Waals surface area (Å²) in [6.07, 6.45) is 1.84. The molecule has 0 aromatic heterocycles. The molecule has 0 unspecified atom stereocenters. The number of nitrogens with zero attached hydrogens (tertiary/aromatic N) is 1. The van der Waals surface area contributed by atoms with Crippen LogP contribution in [0.25, 0.3) is 0 Å². The van der Waals surface area contributed by atoms with Crippen molar-refractivity contribution in [3.63, 3.8) is 0 Å². The van der Waals surface area contributed by atoms with Crippen molar-refractivity contribution >= 4 is 29.6 Å². The number of hydrazine groups is 1. The average molecular weight is 415 g/mol. The molecule has 1 aromatic carbocycles. The molecule has 4 amide bonds. The van der Waals surface area contributed by atoms with Crippen molar-refractivity contribution in [2.75, 3.05) is 0 Å². The molecule has 1 aliphatic carbocycles. The molecule has 1 saturated heterocycles. The van der Waals surface area contributed by atoms with Gasteiger partial charge in [-0.3, -0.25) is 34.9 Å². The number of benzene rings is 1. The Morgan fingerprint density at radius 2 is 1.53 bits per heavy atom. The smallest absolute Gasteiger partial charge is 0.329 e. The highest BCUT2D eigenvalue weighted by Gasteiger charge is 2.51. The third kappa shape index (κ3) is 4.34. The third-order valence-electron chi connectivity index (χ3n) is 5.60. The first kappa shape index (κ1) is 21.5. The van der Waals surface area contributed by atoms with E-state index in [9.17, 15) is 24.0 Å². The van der Waals surface area contributed by atoms with E-state index >= 15 is 0 Å². The van der Waals surface area contributed by atoms with Gasteiger partial charge in [-0.1, -0.05) is 31.0 Å². The van der Waals surface area contributed by atoms with Crippen LogP contribution in [0.15, 0.2) is 30.3 Å². The maximum absolute atomic E-state index is 12.6. The maximum Gasteiger partial charge on any atom is 0.329 e. The Kier molecular flexibility index (Phi) is 6.49. The second-order valence-electron chi connectivity index (χ2n) is 7.61. The van der Waals surface area contributed by atoms with Crippen molar-refractivity contribution in [1.82, 2.24) is 15.8 Å². The molecule has 160 valence electrons. The van der Waals surface area contributed by atoms with Crippen molar-refractivity contribution < 1.29 is 28.7 Å². The number of amides is 4. The highest BCUT2D eigenvalue weighted by Crippen LogP contribution is 2.38. The number of carbonyl (C=O) groups is 5. The summed E-state index contributed by atoms with van der Waals surface area (Å²) < 4.78 is 5.13. The summed E-state index contributed by atoms with van der Waals surface area (Å²) in [5.41, 5.74) is 4.78. The van der Waals surface area contributed by atoms with Crippen molar-refractivity contribution in [3.8, 4) is 0 Å². The topological polar surface area (TPSA) is 122 Å². The molecule has 4 atom stereocenters. The van der Waals surface area contributed by atoms with Gasteiger partial charge in [0.25, 0.3) is 11.8 Å². The summed E-state index contributed by atoms with van der Waals surface area (Å²) in [7, 11) is 0. The van der Waals surface area contributed by atoms with Crippen LogP contribution in [0.5, 0.6) is 0 Å². The van der Waals surface area contributed by atoms with Gasteiger partial charge in [0.1, 0.15) is 6.04 Å².